The Kier molecular flexibility index (Phi) is 8.77. The number of carboxylic acid groups (broad SMARTS) is 2. The molecule has 1 aliphatic heterocycles. The fourth-order valence-electron chi connectivity index (χ4n) is 5.58. The van der Waals surface area contributed by atoms with Crippen LogP contribution in [-0.2, 0) is 30.9 Å². The van der Waals surface area contributed by atoms with Gasteiger partial charge in [-0.05, 0) is 75.3 Å². The highest BCUT2D eigenvalue weighted by atomic mass is 16.8. The number of fused-ring (bicyclic) bond motifs is 1. The maximum atomic E-state index is 11.5. The summed E-state index contributed by atoms with van der Waals surface area (Å²) < 4.78 is 15.6. The molecule has 2 fully saturated rings. The van der Waals surface area contributed by atoms with Crippen LogP contribution in [0.1, 0.15) is 69.9 Å². The Balaban J connectivity index is 0.000000350. The molecule has 1 saturated carbocycles. The van der Waals surface area contributed by atoms with Gasteiger partial charge in [-0.15, -0.1) is 0 Å². The average molecular weight is 478 g/mol. The van der Waals surface area contributed by atoms with Crippen molar-refractivity contribution in [3.63, 3.8) is 0 Å². The summed E-state index contributed by atoms with van der Waals surface area (Å²) in [4.78, 5) is 30.8. The molecule has 0 aromatic heterocycles. The van der Waals surface area contributed by atoms with Gasteiger partial charge in [-0.1, -0.05) is 18.9 Å². The van der Waals surface area contributed by atoms with Gasteiger partial charge >= 0.3 is 18.1 Å². The van der Waals surface area contributed by atoms with Crippen LogP contribution in [0.3, 0.4) is 0 Å². The van der Waals surface area contributed by atoms with E-state index in [-0.39, 0.29) is 25.7 Å². The fourth-order valence-corrected chi connectivity index (χ4v) is 5.58. The largest absolute Gasteiger partial charge is 0.511 e. The number of hydrogen-bond acceptors (Lipinski definition) is 7. The number of piperidine rings is 1. The molecule has 9 heteroatoms. The van der Waals surface area contributed by atoms with E-state index in [0.29, 0.717) is 11.5 Å². The van der Waals surface area contributed by atoms with Gasteiger partial charge in [-0.2, -0.15) is 0 Å². The van der Waals surface area contributed by atoms with Crippen molar-refractivity contribution < 1.29 is 38.8 Å². The number of nitrogens with one attached hydrogen (secondary N) is 1. The van der Waals surface area contributed by atoms with Crippen LogP contribution in [0, 0.1) is 5.92 Å². The Morgan fingerprint density at radius 1 is 1.12 bits per heavy atom. The molecule has 188 valence electrons. The number of carbonyl (C=O) groups excluding carboxylic acids is 1. The Morgan fingerprint density at radius 2 is 1.85 bits per heavy atom. The summed E-state index contributed by atoms with van der Waals surface area (Å²) in [5, 5.41) is 19.6. The van der Waals surface area contributed by atoms with E-state index in [4.69, 9.17) is 24.4 Å². The van der Waals surface area contributed by atoms with Crippen LogP contribution < -0.4 is 10.1 Å². The lowest BCUT2D eigenvalue weighted by Crippen LogP contribution is -2.59. The quantitative estimate of drug-likeness (QED) is 0.395. The third kappa shape index (κ3) is 6.40. The van der Waals surface area contributed by atoms with Gasteiger partial charge in [0.1, 0.15) is 5.75 Å². The zero-order valence-corrected chi connectivity index (χ0v) is 19.9. The molecule has 1 heterocycles. The molecule has 3 atom stereocenters. The SMILES string of the molecule is CC(C)OC(=O)OCOc1ccc2c(c1)[C@]13CCCC[C@@H]1[C@H](C2)NCC3.O=C(O)CCC(=O)O. The maximum absolute atomic E-state index is 11.5. The Hall–Kier alpha value is -2.81. The molecular weight excluding hydrogens is 442 g/mol. The lowest BCUT2D eigenvalue weighted by Gasteiger charge is -2.56. The predicted octanol–water partition coefficient (Wildman–Crippen LogP) is 3.87. The molecule has 9 nitrogen and oxygen atoms in total. The topological polar surface area (TPSA) is 131 Å². The molecular formula is C25H35NO8. The number of hydrogen-bond donors (Lipinski definition) is 3. The minimum Gasteiger partial charge on any atom is -0.481 e. The highest BCUT2D eigenvalue weighted by Crippen LogP contribution is 2.54. The van der Waals surface area contributed by atoms with E-state index in [2.05, 4.69) is 17.4 Å². The first-order chi connectivity index (χ1) is 16.2. The highest BCUT2D eigenvalue weighted by Gasteiger charge is 2.51. The first kappa shape index (κ1) is 25.8. The van der Waals surface area contributed by atoms with E-state index in [1.54, 1.807) is 13.8 Å². The molecule has 0 spiro atoms. The summed E-state index contributed by atoms with van der Waals surface area (Å²) in [6, 6.07) is 7.01. The van der Waals surface area contributed by atoms with Crippen molar-refractivity contribution in [3.05, 3.63) is 29.3 Å². The van der Waals surface area contributed by atoms with Gasteiger partial charge in [0, 0.05) is 11.5 Å². The lowest BCUT2D eigenvalue weighted by molar-refractivity contribution is -0.143. The van der Waals surface area contributed by atoms with Crippen molar-refractivity contribution >= 4 is 18.1 Å². The predicted molar refractivity (Wildman–Crippen MR) is 123 cm³/mol. The molecule has 3 aliphatic rings. The van der Waals surface area contributed by atoms with Crippen LogP contribution in [-0.4, -0.2) is 53.8 Å². The summed E-state index contributed by atoms with van der Waals surface area (Å²) in [5.74, 6) is -0.637. The molecule has 0 amide bonds. The van der Waals surface area contributed by atoms with E-state index < -0.39 is 18.1 Å². The second kappa shape index (κ2) is 11.6. The Bertz CT molecular complexity index is 868. The number of rotatable bonds is 7. The average Bonchev–Trinajstić information content (AvgIpc) is 2.78. The molecule has 0 radical (unpaired) electrons. The standard InChI is InChI=1S/C21H29NO4.C4H6O4/c1-14(2)26-20(23)25-13-24-16-7-6-15-11-19-17-5-3-4-8-21(17,9-10-22-19)18(15)12-16;5-3(6)1-2-4(7)8/h6-7,12,14,17,19,22H,3-5,8-11,13H2,1-2H3;1-2H2,(H,5,6)(H,7,8)/t17-,19+,21+;/m1./s1. The maximum Gasteiger partial charge on any atom is 0.511 e. The minimum atomic E-state index is -1.08. The number of aliphatic carboxylic acids is 2. The molecule has 1 aromatic rings. The van der Waals surface area contributed by atoms with Crippen molar-refractivity contribution in [1.29, 1.82) is 0 Å². The monoisotopic (exact) mass is 477 g/mol. The molecule has 2 aliphatic carbocycles. The molecule has 2 bridgehead atoms. The third-order valence-electron chi connectivity index (χ3n) is 6.91. The summed E-state index contributed by atoms with van der Waals surface area (Å²) >= 11 is 0. The molecule has 4 rings (SSSR count). The van der Waals surface area contributed by atoms with E-state index >= 15 is 0 Å². The van der Waals surface area contributed by atoms with Crippen LogP contribution in [0.2, 0.25) is 0 Å². The van der Waals surface area contributed by atoms with Crippen molar-refractivity contribution in [2.24, 2.45) is 5.92 Å². The van der Waals surface area contributed by atoms with Gasteiger partial charge in [0.15, 0.2) is 0 Å². The Morgan fingerprint density at radius 3 is 2.53 bits per heavy atom. The summed E-state index contributed by atoms with van der Waals surface area (Å²) in [7, 11) is 0. The van der Waals surface area contributed by atoms with Crippen LogP contribution >= 0.6 is 0 Å². The molecule has 3 N–H and O–H groups in total. The molecule has 34 heavy (non-hydrogen) atoms. The smallest absolute Gasteiger partial charge is 0.481 e. The van der Waals surface area contributed by atoms with Gasteiger partial charge in [-0.25, -0.2) is 4.79 Å². The second-order valence-corrected chi connectivity index (χ2v) is 9.45. The summed E-state index contributed by atoms with van der Waals surface area (Å²) in [6.07, 6.45) is 6.12. The fraction of sp³-hybridized carbons (Fsp3) is 0.640. The first-order valence-electron chi connectivity index (χ1n) is 12.0. The number of ether oxygens (including phenoxy) is 3. The lowest BCUT2D eigenvalue weighted by atomic mass is 9.53. The number of carbonyl (C=O) groups is 3. The van der Waals surface area contributed by atoms with Crippen molar-refractivity contribution in [2.75, 3.05) is 13.3 Å². The van der Waals surface area contributed by atoms with E-state index in [9.17, 15) is 14.4 Å². The van der Waals surface area contributed by atoms with Gasteiger partial charge in [0.05, 0.1) is 18.9 Å². The van der Waals surface area contributed by atoms with Gasteiger partial charge in [0.2, 0.25) is 6.79 Å². The summed E-state index contributed by atoms with van der Waals surface area (Å²) in [6.45, 7) is 4.57. The number of carboxylic acids is 2. The van der Waals surface area contributed by atoms with E-state index in [1.165, 1.54) is 43.2 Å². The van der Waals surface area contributed by atoms with Crippen LogP contribution in [0.4, 0.5) is 4.79 Å². The van der Waals surface area contributed by atoms with Crippen molar-refractivity contribution in [2.45, 2.75) is 82.8 Å². The Labute approximate surface area is 199 Å². The zero-order chi connectivity index (χ0) is 24.7. The van der Waals surface area contributed by atoms with Gasteiger partial charge in [-0.3, -0.25) is 9.59 Å². The normalized spacial score (nSPS) is 24.6. The number of benzene rings is 1. The van der Waals surface area contributed by atoms with Crippen LogP contribution in [0.25, 0.3) is 0 Å². The van der Waals surface area contributed by atoms with Crippen LogP contribution in [0.15, 0.2) is 18.2 Å². The zero-order valence-electron chi connectivity index (χ0n) is 19.9. The summed E-state index contributed by atoms with van der Waals surface area (Å²) in [5.41, 5.74) is 3.23. The second-order valence-electron chi connectivity index (χ2n) is 9.45. The third-order valence-corrected chi connectivity index (χ3v) is 6.91. The minimum absolute atomic E-state index is 0.120. The van der Waals surface area contributed by atoms with Crippen LogP contribution in [0.5, 0.6) is 5.75 Å². The van der Waals surface area contributed by atoms with Gasteiger partial charge in [0.25, 0.3) is 0 Å². The van der Waals surface area contributed by atoms with Crippen molar-refractivity contribution in [3.8, 4) is 5.75 Å². The van der Waals surface area contributed by atoms with E-state index in [0.717, 1.165) is 24.6 Å². The molecule has 0 unspecified atom stereocenters. The van der Waals surface area contributed by atoms with Gasteiger partial charge < -0.3 is 29.7 Å². The van der Waals surface area contributed by atoms with E-state index in [1.807, 2.05) is 6.07 Å². The highest BCUT2D eigenvalue weighted by molar-refractivity contribution is 5.75. The first-order valence-corrected chi connectivity index (χ1v) is 12.0. The van der Waals surface area contributed by atoms with Crippen molar-refractivity contribution in [1.82, 2.24) is 5.32 Å². The molecule has 1 saturated heterocycles. The molecule has 1 aromatic carbocycles.